The van der Waals surface area contributed by atoms with E-state index >= 15 is 0 Å². The average Bonchev–Trinajstić information content (AvgIpc) is 2.97. The van der Waals surface area contributed by atoms with Gasteiger partial charge in [0.1, 0.15) is 5.69 Å². The minimum atomic E-state index is -0.383. The highest BCUT2D eigenvalue weighted by Gasteiger charge is 2.09. The number of carbonyl (C=O) groups excluding carboxylic acids is 2. The van der Waals surface area contributed by atoms with Crippen molar-refractivity contribution in [2.45, 2.75) is 26.2 Å². The van der Waals surface area contributed by atoms with E-state index in [1.807, 2.05) is 12.1 Å². The molecule has 5 nitrogen and oxygen atoms in total. The van der Waals surface area contributed by atoms with Crippen LogP contribution in [0.25, 0.3) is 0 Å². The van der Waals surface area contributed by atoms with Crippen LogP contribution in [0.2, 0.25) is 0 Å². The molecule has 2 rings (SSSR count). The largest absolute Gasteiger partial charge is 0.356 e. The number of halogens is 1. The van der Waals surface area contributed by atoms with Crippen LogP contribution < -0.4 is 10.9 Å². The molecule has 0 aliphatic carbocycles. The van der Waals surface area contributed by atoms with E-state index in [0.717, 1.165) is 16.5 Å². The summed E-state index contributed by atoms with van der Waals surface area (Å²) >= 11 is 3.24. The Kier molecular flexibility index (Phi) is 5.77. The van der Waals surface area contributed by atoms with Gasteiger partial charge in [0, 0.05) is 17.1 Å². The van der Waals surface area contributed by atoms with Gasteiger partial charge in [-0.2, -0.15) is 0 Å². The Morgan fingerprint density at radius 1 is 1.14 bits per heavy atom. The molecule has 22 heavy (non-hydrogen) atoms. The van der Waals surface area contributed by atoms with Crippen LogP contribution in [0.4, 0.5) is 0 Å². The number of aromatic amines is 1. The number of benzene rings is 1. The Balaban J connectivity index is 1.74. The number of aryl methyl sites for hydroxylation is 2. The van der Waals surface area contributed by atoms with Crippen molar-refractivity contribution < 1.29 is 9.59 Å². The minimum Gasteiger partial charge on any atom is -0.356 e. The molecule has 1 aromatic carbocycles. The fourth-order valence-electron chi connectivity index (χ4n) is 1.95. The molecule has 3 N–H and O–H groups in total. The molecule has 2 amide bonds. The number of rotatable bonds is 5. The minimum absolute atomic E-state index is 0.224. The standard InChI is InChI=1S/C16H18BrN3O2/c1-2-11-3-5-12(6-4-11)7-8-15(21)19-20-16(22)14-9-13(17)10-18-14/h3-6,9-10,18H,2,7-8H2,1H3,(H,19,21)(H,20,22). The second-order valence-electron chi connectivity index (χ2n) is 4.90. The zero-order valence-electron chi connectivity index (χ0n) is 12.3. The first kappa shape index (κ1) is 16.3. The van der Waals surface area contributed by atoms with E-state index in [2.05, 4.69) is 50.8 Å². The molecule has 0 atom stereocenters. The maximum absolute atomic E-state index is 11.7. The summed E-state index contributed by atoms with van der Waals surface area (Å²) in [7, 11) is 0. The Morgan fingerprint density at radius 2 is 1.82 bits per heavy atom. The van der Waals surface area contributed by atoms with Crippen molar-refractivity contribution in [3.05, 3.63) is 57.8 Å². The van der Waals surface area contributed by atoms with Crippen LogP contribution in [0.3, 0.4) is 0 Å². The summed E-state index contributed by atoms with van der Waals surface area (Å²) in [5.74, 6) is -0.607. The van der Waals surface area contributed by atoms with Gasteiger partial charge in [0.05, 0.1) is 0 Å². The summed E-state index contributed by atoms with van der Waals surface area (Å²) in [5.41, 5.74) is 7.54. The highest BCUT2D eigenvalue weighted by molar-refractivity contribution is 9.10. The van der Waals surface area contributed by atoms with E-state index in [0.29, 0.717) is 18.5 Å². The predicted molar refractivity (Wildman–Crippen MR) is 88.2 cm³/mol. The van der Waals surface area contributed by atoms with Crippen molar-refractivity contribution in [2.75, 3.05) is 0 Å². The summed E-state index contributed by atoms with van der Waals surface area (Å²) in [6.45, 7) is 2.10. The number of nitrogens with one attached hydrogen (secondary N) is 3. The monoisotopic (exact) mass is 363 g/mol. The molecular weight excluding hydrogens is 346 g/mol. The van der Waals surface area contributed by atoms with Crippen LogP contribution in [-0.2, 0) is 17.6 Å². The molecule has 116 valence electrons. The van der Waals surface area contributed by atoms with Crippen molar-refractivity contribution in [3.63, 3.8) is 0 Å². The van der Waals surface area contributed by atoms with E-state index in [9.17, 15) is 9.59 Å². The molecule has 2 aromatic rings. The smallest absolute Gasteiger partial charge is 0.286 e. The second-order valence-corrected chi connectivity index (χ2v) is 5.82. The van der Waals surface area contributed by atoms with Gasteiger partial charge in [-0.1, -0.05) is 31.2 Å². The van der Waals surface area contributed by atoms with Crippen molar-refractivity contribution in [3.8, 4) is 0 Å². The molecule has 0 unspecified atom stereocenters. The van der Waals surface area contributed by atoms with E-state index in [1.165, 1.54) is 5.56 Å². The predicted octanol–water partition coefficient (Wildman–Crippen LogP) is 2.73. The van der Waals surface area contributed by atoms with Crippen LogP contribution >= 0.6 is 15.9 Å². The molecule has 1 aromatic heterocycles. The molecule has 0 aliphatic rings. The summed E-state index contributed by atoms with van der Waals surface area (Å²) in [5, 5.41) is 0. The quantitative estimate of drug-likeness (QED) is 0.714. The second kappa shape index (κ2) is 7.79. The summed E-state index contributed by atoms with van der Waals surface area (Å²) in [6.07, 6.45) is 3.61. The third kappa shape index (κ3) is 4.73. The van der Waals surface area contributed by atoms with Gasteiger partial charge in [0.2, 0.25) is 5.91 Å². The molecule has 0 aliphatic heterocycles. The Morgan fingerprint density at radius 3 is 2.41 bits per heavy atom. The van der Waals surface area contributed by atoms with Crippen molar-refractivity contribution in [1.82, 2.24) is 15.8 Å². The number of hydrogen-bond acceptors (Lipinski definition) is 2. The number of amides is 2. The topological polar surface area (TPSA) is 74.0 Å². The maximum Gasteiger partial charge on any atom is 0.286 e. The van der Waals surface area contributed by atoms with Crippen LogP contribution in [0, 0.1) is 0 Å². The maximum atomic E-state index is 11.7. The molecular formula is C16H18BrN3O2. The highest BCUT2D eigenvalue weighted by atomic mass is 79.9. The first-order valence-corrected chi connectivity index (χ1v) is 7.88. The van der Waals surface area contributed by atoms with Gasteiger partial charge in [-0.15, -0.1) is 0 Å². The van der Waals surface area contributed by atoms with Gasteiger partial charge in [0.25, 0.3) is 5.91 Å². The van der Waals surface area contributed by atoms with Gasteiger partial charge in [0.15, 0.2) is 0 Å². The third-order valence-electron chi connectivity index (χ3n) is 3.28. The first-order valence-electron chi connectivity index (χ1n) is 7.09. The molecule has 0 radical (unpaired) electrons. The van der Waals surface area contributed by atoms with Crippen molar-refractivity contribution in [1.29, 1.82) is 0 Å². The molecule has 1 heterocycles. The molecule has 0 saturated heterocycles. The SMILES string of the molecule is CCc1ccc(CCC(=O)NNC(=O)c2cc(Br)c[nH]2)cc1. The Labute approximate surface area is 137 Å². The fraction of sp³-hybridized carbons (Fsp3) is 0.250. The van der Waals surface area contributed by atoms with Crippen LogP contribution in [0.1, 0.15) is 35.0 Å². The number of H-pyrrole nitrogens is 1. The lowest BCUT2D eigenvalue weighted by atomic mass is 10.1. The van der Waals surface area contributed by atoms with Crippen molar-refractivity contribution in [2.24, 2.45) is 0 Å². The zero-order chi connectivity index (χ0) is 15.9. The van der Waals surface area contributed by atoms with Gasteiger partial charge in [-0.3, -0.25) is 20.4 Å². The first-order chi connectivity index (χ1) is 10.6. The number of aromatic nitrogens is 1. The lowest BCUT2D eigenvalue weighted by molar-refractivity contribution is -0.121. The molecule has 0 fully saturated rings. The summed E-state index contributed by atoms with van der Waals surface area (Å²) in [6, 6.07) is 9.83. The lowest BCUT2D eigenvalue weighted by Gasteiger charge is -2.07. The fourth-order valence-corrected chi connectivity index (χ4v) is 2.30. The molecule has 0 bridgehead atoms. The molecule has 0 spiro atoms. The van der Waals surface area contributed by atoms with Gasteiger partial charge >= 0.3 is 0 Å². The average molecular weight is 364 g/mol. The Bertz CT molecular complexity index is 650. The molecule has 6 heteroatoms. The van der Waals surface area contributed by atoms with Gasteiger partial charge < -0.3 is 4.98 Å². The van der Waals surface area contributed by atoms with Crippen molar-refractivity contribution >= 4 is 27.7 Å². The lowest BCUT2D eigenvalue weighted by Crippen LogP contribution is -2.41. The van der Waals surface area contributed by atoms with E-state index in [4.69, 9.17) is 0 Å². The number of carbonyl (C=O) groups is 2. The van der Waals surface area contributed by atoms with Gasteiger partial charge in [-0.05, 0) is 46.0 Å². The molecule has 0 saturated carbocycles. The highest BCUT2D eigenvalue weighted by Crippen LogP contribution is 2.10. The van der Waals surface area contributed by atoms with Crippen LogP contribution in [0.5, 0.6) is 0 Å². The third-order valence-corrected chi connectivity index (χ3v) is 3.74. The normalized spacial score (nSPS) is 10.3. The zero-order valence-corrected chi connectivity index (χ0v) is 13.9. The summed E-state index contributed by atoms with van der Waals surface area (Å²) < 4.78 is 0.777. The number of hydrogen-bond donors (Lipinski definition) is 3. The van der Waals surface area contributed by atoms with Crippen LogP contribution in [0.15, 0.2) is 41.0 Å². The number of hydrazine groups is 1. The van der Waals surface area contributed by atoms with E-state index in [1.54, 1.807) is 12.3 Å². The van der Waals surface area contributed by atoms with E-state index in [-0.39, 0.29) is 11.8 Å². The Hall–Kier alpha value is -2.08. The van der Waals surface area contributed by atoms with E-state index < -0.39 is 0 Å². The van der Waals surface area contributed by atoms with Crippen LogP contribution in [-0.4, -0.2) is 16.8 Å². The summed E-state index contributed by atoms with van der Waals surface area (Å²) in [4.78, 5) is 26.3. The van der Waals surface area contributed by atoms with Gasteiger partial charge in [-0.25, -0.2) is 0 Å².